The van der Waals surface area contributed by atoms with E-state index in [-0.39, 0.29) is 0 Å². The second-order valence-electron chi connectivity index (χ2n) is 3.72. The Balaban J connectivity index is 2.56. The molecule has 2 aromatic rings. The van der Waals surface area contributed by atoms with Gasteiger partial charge < -0.3 is 11.6 Å². The minimum absolute atomic E-state index is 0.608. The monoisotopic (exact) mass is 323 g/mol. The highest BCUT2D eigenvalue weighted by Crippen LogP contribution is 2.23. The summed E-state index contributed by atoms with van der Waals surface area (Å²) < 4.78 is 0.912. The van der Waals surface area contributed by atoms with Crippen LogP contribution in [0.4, 0.5) is 5.69 Å². The third-order valence-electron chi connectivity index (χ3n) is 2.50. The van der Waals surface area contributed by atoms with E-state index in [1.807, 2.05) is 24.3 Å². The van der Waals surface area contributed by atoms with E-state index in [2.05, 4.69) is 21.0 Å². The number of hydrogen-bond acceptors (Lipinski definition) is 3. The van der Waals surface area contributed by atoms with Gasteiger partial charge in [-0.15, -0.1) is 0 Å². The van der Waals surface area contributed by atoms with Gasteiger partial charge in [0.2, 0.25) is 0 Å². The number of anilines is 1. The Morgan fingerprint density at radius 1 is 1.17 bits per heavy atom. The molecule has 0 saturated heterocycles. The Hall–Kier alpha value is -1.52. The van der Waals surface area contributed by atoms with Crippen molar-refractivity contribution < 1.29 is 0 Å². The maximum atomic E-state index is 5.97. The van der Waals surface area contributed by atoms with E-state index in [1.165, 1.54) is 0 Å². The molecule has 5 heteroatoms. The zero-order valence-electron chi connectivity index (χ0n) is 9.40. The minimum atomic E-state index is 0.608. The van der Waals surface area contributed by atoms with E-state index in [0.29, 0.717) is 16.4 Å². The SMILES string of the molecule is NN=C(c1cccc(Cl)c1)c1cc(Br)ccc1N. The molecule has 0 aliphatic carbocycles. The molecule has 0 saturated carbocycles. The van der Waals surface area contributed by atoms with E-state index < -0.39 is 0 Å². The van der Waals surface area contributed by atoms with Crippen molar-refractivity contribution in [3.05, 3.63) is 63.1 Å². The van der Waals surface area contributed by atoms with Gasteiger partial charge in [0.1, 0.15) is 0 Å². The summed E-state index contributed by atoms with van der Waals surface area (Å²) in [4.78, 5) is 0. The number of nitrogens with zero attached hydrogens (tertiary/aromatic N) is 1. The largest absolute Gasteiger partial charge is 0.398 e. The molecule has 0 spiro atoms. The van der Waals surface area contributed by atoms with Gasteiger partial charge in [0, 0.05) is 26.3 Å². The van der Waals surface area contributed by atoms with Gasteiger partial charge in [0.05, 0.1) is 5.71 Å². The first kappa shape index (κ1) is 12.9. The summed E-state index contributed by atoms with van der Waals surface area (Å²) in [6.07, 6.45) is 0. The van der Waals surface area contributed by atoms with E-state index in [9.17, 15) is 0 Å². The van der Waals surface area contributed by atoms with Crippen molar-refractivity contribution >= 4 is 38.9 Å². The third-order valence-corrected chi connectivity index (χ3v) is 3.23. The van der Waals surface area contributed by atoms with Crippen LogP contribution in [0.3, 0.4) is 0 Å². The van der Waals surface area contributed by atoms with Gasteiger partial charge >= 0.3 is 0 Å². The molecular formula is C13H11BrClN3. The van der Waals surface area contributed by atoms with Crippen molar-refractivity contribution in [2.45, 2.75) is 0 Å². The molecule has 0 aliphatic rings. The predicted octanol–water partition coefficient (Wildman–Crippen LogP) is 3.40. The van der Waals surface area contributed by atoms with Crippen molar-refractivity contribution in [3.63, 3.8) is 0 Å². The molecule has 3 nitrogen and oxygen atoms in total. The summed E-state index contributed by atoms with van der Waals surface area (Å²) in [6.45, 7) is 0. The van der Waals surface area contributed by atoms with Crippen LogP contribution in [-0.2, 0) is 0 Å². The van der Waals surface area contributed by atoms with E-state index in [0.717, 1.165) is 15.6 Å². The number of halogens is 2. The van der Waals surface area contributed by atoms with Crippen molar-refractivity contribution in [1.29, 1.82) is 0 Å². The second kappa shape index (κ2) is 5.42. The molecule has 0 heterocycles. The smallest absolute Gasteiger partial charge is 0.0992 e. The zero-order chi connectivity index (χ0) is 13.1. The average molecular weight is 325 g/mol. The Bertz CT molecular complexity index is 611. The topological polar surface area (TPSA) is 64.4 Å². The molecule has 0 radical (unpaired) electrons. The van der Waals surface area contributed by atoms with Crippen LogP contribution in [0, 0.1) is 0 Å². The van der Waals surface area contributed by atoms with Crippen molar-refractivity contribution in [1.82, 2.24) is 0 Å². The molecule has 92 valence electrons. The second-order valence-corrected chi connectivity index (χ2v) is 5.07. The molecule has 0 aromatic heterocycles. The highest BCUT2D eigenvalue weighted by molar-refractivity contribution is 9.10. The van der Waals surface area contributed by atoms with Crippen LogP contribution in [0.15, 0.2) is 52.0 Å². The van der Waals surface area contributed by atoms with Gasteiger partial charge in [-0.05, 0) is 30.3 Å². The highest BCUT2D eigenvalue weighted by atomic mass is 79.9. The Morgan fingerprint density at radius 2 is 1.94 bits per heavy atom. The fraction of sp³-hybridized carbons (Fsp3) is 0. The zero-order valence-corrected chi connectivity index (χ0v) is 11.7. The lowest BCUT2D eigenvalue weighted by Crippen LogP contribution is -2.09. The first-order valence-corrected chi connectivity index (χ1v) is 6.38. The van der Waals surface area contributed by atoms with Gasteiger partial charge in [0.25, 0.3) is 0 Å². The van der Waals surface area contributed by atoms with Crippen molar-refractivity contribution in [3.8, 4) is 0 Å². The van der Waals surface area contributed by atoms with Gasteiger partial charge in [0.15, 0.2) is 0 Å². The van der Waals surface area contributed by atoms with Gasteiger partial charge in [-0.3, -0.25) is 0 Å². The molecule has 2 aromatic carbocycles. The van der Waals surface area contributed by atoms with Crippen molar-refractivity contribution in [2.75, 3.05) is 5.73 Å². The Labute approximate surface area is 119 Å². The van der Waals surface area contributed by atoms with Gasteiger partial charge in [-0.2, -0.15) is 5.10 Å². The van der Waals surface area contributed by atoms with Gasteiger partial charge in [-0.1, -0.05) is 39.7 Å². The molecule has 18 heavy (non-hydrogen) atoms. The standard InChI is InChI=1S/C13H11BrClN3/c14-9-4-5-12(16)11(7-9)13(18-17)8-2-1-3-10(15)6-8/h1-7H,16-17H2. The van der Waals surface area contributed by atoms with Crippen LogP contribution in [0.5, 0.6) is 0 Å². The average Bonchev–Trinajstić information content (AvgIpc) is 2.35. The number of nitrogen functional groups attached to an aromatic ring is 1. The molecular weight excluding hydrogens is 314 g/mol. The van der Waals surface area contributed by atoms with E-state index >= 15 is 0 Å². The first-order chi connectivity index (χ1) is 8.61. The third kappa shape index (κ3) is 2.66. The summed E-state index contributed by atoms with van der Waals surface area (Å²) in [5.74, 6) is 5.48. The van der Waals surface area contributed by atoms with Gasteiger partial charge in [-0.25, -0.2) is 0 Å². The lowest BCUT2D eigenvalue weighted by Gasteiger charge is -2.09. The lowest BCUT2D eigenvalue weighted by atomic mass is 10.0. The molecule has 0 bridgehead atoms. The molecule has 0 atom stereocenters. The summed E-state index contributed by atoms with van der Waals surface area (Å²) in [5.41, 5.74) is 8.77. The van der Waals surface area contributed by atoms with E-state index in [1.54, 1.807) is 18.2 Å². The van der Waals surface area contributed by atoms with Crippen LogP contribution in [0.2, 0.25) is 5.02 Å². The number of benzene rings is 2. The summed E-state index contributed by atoms with van der Waals surface area (Å²) in [7, 11) is 0. The van der Waals surface area contributed by atoms with Crippen LogP contribution in [0.25, 0.3) is 0 Å². The summed E-state index contributed by atoms with van der Waals surface area (Å²) in [6, 6.07) is 12.9. The van der Waals surface area contributed by atoms with Crippen LogP contribution < -0.4 is 11.6 Å². The number of rotatable bonds is 2. The number of nitrogens with two attached hydrogens (primary N) is 2. The Kier molecular flexibility index (Phi) is 3.89. The minimum Gasteiger partial charge on any atom is -0.398 e. The quantitative estimate of drug-likeness (QED) is 0.385. The number of hydrazone groups is 1. The Morgan fingerprint density at radius 3 is 2.61 bits per heavy atom. The lowest BCUT2D eigenvalue weighted by molar-refractivity contribution is 1.24. The summed E-state index contributed by atoms with van der Waals surface area (Å²) >= 11 is 9.37. The maximum absolute atomic E-state index is 5.97. The summed E-state index contributed by atoms with van der Waals surface area (Å²) in [5, 5.41) is 4.46. The van der Waals surface area contributed by atoms with E-state index in [4.69, 9.17) is 23.2 Å². The van der Waals surface area contributed by atoms with Crippen LogP contribution in [0.1, 0.15) is 11.1 Å². The molecule has 0 unspecified atom stereocenters. The molecule has 0 amide bonds. The predicted molar refractivity (Wildman–Crippen MR) is 79.8 cm³/mol. The van der Waals surface area contributed by atoms with Crippen molar-refractivity contribution in [2.24, 2.45) is 10.9 Å². The number of hydrogen-bond donors (Lipinski definition) is 2. The maximum Gasteiger partial charge on any atom is 0.0992 e. The molecule has 0 aliphatic heterocycles. The van der Waals surface area contributed by atoms with Crippen LogP contribution >= 0.6 is 27.5 Å². The fourth-order valence-electron chi connectivity index (χ4n) is 1.67. The molecule has 4 N–H and O–H groups in total. The highest BCUT2D eigenvalue weighted by Gasteiger charge is 2.11. The molecule has 2 rings (SSSR count). The normalized spacial score (nSPS) is 11.6. The van der Waals surface area contributed by atoms with Crippen LogP contribution in [-0.4, -0.2) is 5.71 Å². The molecule has 0 fully saturated rings. The fourth-order valence-corrected chi connectivity index (χ4v) is 2.22. The first-order valence-electron chi connectivity index (χ1n) is 5.21.